The van der Waals surface area contributed by atoms with E-state index < -0.39 is 30.1 Å². The van der Waals surface area contributed by atoms with E-state index in [1.54, 1.807) is 0 Å². The summed E-state index contributed by atoms with van der Waals surface area (Å²) >= 11 is 0. The van der Waals surface area contributed by atoms with Crippen LogP contribution in [0.1, 0.15) is 49.5 Å². The van der Waals surface area contributed by atoms with E-state index in [2.05, 4.69) is 10.3 Å². The molecule has 1 N–H and O–H groups in total. The van der Waals surface area contributed by atoms with Crippen LogP contribution in [0.5, 0.6) is 0 Å². The van der Waals surface area contributed by atoms with Crippen molar-refractivity contribution in [3.8, 4) is 0 Å². The maximum Gasteiger partial charge on any atom is 0.408 e. The molecule has 9 heteroatoms. The van der Waals surface area contributed by atoms with Crippen molar-refractivity contribution >= 4 is 11.8 Å². The summed E-state index contributed by atoms with van der Waals surface area (Å²) < 4.78 is 44.1. The first-order valence-electron chi connectivity index (χ1n) is 7.81. The minimum atomic E-state index is -4.47. The van der Waals surface area contributed by atoms with Gasteiger partial charge in [0.15, 0.2) is 11.6 Å². The molecular weight excluding hydrogens is 327 g/mol. The Morgan fingerprint density at radius 2 is 2.12 bits per heavy atom. The standard InChI is InChI=1S/C15H20F3N3O3/c1-3-4-13-20-11(8-24-13)14(23)19-10-5-6-12(15(16,17)18)21(7-10)9(2)22/h8,10,12H,3-7H2,1-2H3,(H,19,23)/t10-,12-/m1/s1. The predicted molar refractivity (Wildman–Crippen MR) is 78.2 cm³/mol. The van der Waals surface area contributed by atoms with Gasteiger partial charge < -0.3 is 14.6 Å². The number of aromatic nitrogens is 1. The van der Waals surface area contributed by atoms with Crippen LogP contribution in [-0.4, -0.2) is 46.5 Å². The van der Waals surface area contributed by atoms with E-state index in [1.165, 1.54) is 6.26 Å². The predicted octanol–water partition coefficient (Wildman–Crippen LogP) is 2.30. The Balaban J connectivity index is 2.00. The van der Waals surface area contributed by atoms with Crippen LogP contribution in [0.4, 0.5) is 13.2 Å². The fourth-order valence-electron chi connectivity index (χ4n) is 2.78. The number of amides is 2. The highest BCUT2D eigenvalue weighted by Crippen LogP contribution is 2.32. The van der Waals surface area contributed by atoms with Gasteiger partial charge in [-0.3, -0.25) is 9.59 Å². The normalized spacial score (nSPS) is 21.6. The Morgan fingerprint density at radius 3 is 2.71 bits per heavy atom. The number of likely N-dealkylation sites (tertiary alicyclic amines) is 1. The zero-order valence-electron chi connectivity index (χ0n) is 13.5. The van der Waals surface area contributed by atoms with Gasteiger partial charge in [-0.1, -0.05) is 6.92 Å². The second-order valence-corrected chi connectivity index (χ2v) is 5.85. The number of halogens is 3. The molecule has 2 atom stereocenters. The lowest BCUT2D eigenvalue weighted by molar-refractivity contribution is -0.196. The highest BCUT2D eigenvalue weighted by Gasteiger charge is 2.47. The van der Waals surface area contributed by atoms with Crippen molar-refractivity contribution in [1.82, 2.24) is 15.2 Å². The van der Waals surface area contributed by atoms with E-state index in [1.807, 2.05) is 6.92 Å². The Bertz CT molecular complexity index is 600. The van der Waals surface area contributed by atoms with Gasteiger partial charge in [-0.15, -0.1) is 0 Å². The fraction of sp³-hybridized carbons (Fsp3) is 0.667. The monoisotopic (exact) mass is 347 g/mol. The molecule has 1 aliphatic heterocycles. The molecule has 0 bridgehead atoms. The average Bonchev–Trinajstić information content (AvgIpc) is 2.95. The minimum absolute atomic E-state index is 0.0887. The Hall–Kier alpha value is -2.06. The van der Waals surface area contributed by atoms with Gasteiger partial charge in [0, 0.05) is 25.9 Å². The molecule has 0 aliphatic carbocycles. The molecule has 2 heterocycles. The van der Waals surface area contributed by atoms with Crippen LogP contribution in [0.25, 0.3) is 0 Å². The zero-order valence-corrected chi connectivity index (χ0v) is 13.5. The maximum absolute atomic E-state index is 13.0. The molecule has 1 aromatic rings. The van der Waals surface area contributed by atoms with Gasteiger partial charge in [0.1, 0.15) is 12.3 Å². The van der Waals surface area contributed by atoms with Crippen molar-refractivity contribution in [2.45, 2.75) is 57.8 Å². The topological polar surface area (TPSA) is 75.4 Å². The zero-order chi connectivity index (χ0) is 17.9. The van der Waals surface area contributed by atoms with Crippen LogP contribution in [0.3, 0.4) is 0 Å². The van der Waals surface area contributed by atoms with Crippen molar-refractivity contribution < 1.29 is 27.2 Å². The van der Waals surface area contributed by atoms with E-state index >= 15 is 0 Å². The van der Waals surface area contributed by atoms with Gasteiger partial charge in [0.2, 0.25) is 5.91 Å². The number of nitrogens with zero attached hydrogens (tertiary/aromatic N) is 2. The maximum atomic E-state index is 13.0. The highest BCUT2D eigenvalue weighted by atomic mass is 19.4. The quantitative estimate of drug-likeness (QED) is 0.907. The SMILES string of the molecule is CCCc1nc(C(=O)N[C@@H]2CC[C@H](C(F)(F)F)N(C(C)=O)C2)co1. The number of oxazole rings is 1. The summed E-state index contributed by atoms with van der Waals surface area (Å²) in [4.78, 5) is 28.4. The van der Waals surface area contributed by atoms with E-state index in [-0.39, 0.29) is 25.1 Å². The number of carbonyl (C=O) groups excluding carboxylic acids is 2. The van der Waals surface area contributed by atoms with Crippen LogP contribution in [-0.2, 0) is 11.2 Å². The number of alkyl halides is 3. The third-order valence-electron chi connectivity index (χ3n) is 3.95. The summed E-state index contributed by atoms with van der Waals surface area (Å²) in [7, 11) is 0. The summed E-state index contributed by atoms with van der Waals surface area (Å²) in [5, 5.41) is 2.62. The van der Waals surface area contributed by atoms with Gasteiger partial charge >= 0.3 is 6.18 Å². The van der Waals surface area contributed by atoms with Crippen molar-refractivity contribution in [2.24, 2.45) is 0 Å². The number of carbonyl (C=O) groups is 2. The number of hydrogen-bond acceptors (Lipinski definition) is 4. The molecule has 1 aliphatic rings. The van der Waals surface area contributed by atoms with E-state index in [0.29, 0.717) is 12.3 Å². The smallest absolute Gasteiger partial charge is 0.408 e. The Morgan fingerprint density at radius 1 is 1.42 bits per heavy atom. The van der Waals surface area contributed by atoms with E-state index in [0.717, 1.165) is 18.2 Å². The highest BCUT2D eigenvalue weighted by molar-refractivity contribution is 5.92. The molecule has 0 spiro atoms. The molecule has 24 heavy (non-hydrogen) atoms. The molecule has 1 aromatic heterocycles. The number of hydrogen-bond donors (Lipinski definition) is 1. The molecule has 6 nitrogen and oxygen atoms in total. The average molecular weight is 347 g/mol. The van der Waals surface area contributed by atoms with Gasteiger partial charge in [0.25, 0.3) is 5.91 Å². The van der Waals surface area contributed by atoms with Gasteiger partial charge in [-0.25, -0.2) is 4.98 Å². The first-order valence-corrected chi connectivity index (χ1v) is 7.81. The first kappa shape index (κ1) is 18.3. The number of nitrogens with one attached hydrogen (secondary N) is 1. The van der Waals surface area contributed by atoms with Gasteiger partial charge in [-0.05, 0) is 19.3 Å². The lowest BCUT2D eigenvalue weighted by Crippen LogP contribution is -2.57. The summed E-state index contributed by atoms with van der Waals surface area (Å²) in [6.07, 6.45) is -1.93. The van der Waals surface area contributed by atoms with Crippen LogP contribution in [0, 0.1) is 0 Å². The number of piperidine rings is 1. The third kappa shape index (κ3) is 4.27. The largest absolute Gasteiger partial charge is 0.448 e. The lowest BCUT2D eigenvalue weighted by Gasteiger charge is -2.40. The van der Waals surface area contributed by atoms with Gasteiger partial charge in [0.05, 0.1) is 0 Å². The molecule has 0 unspecified atom stereocenters. The van der Waals surface area contributed by atoms with Crippen LogP contribution >= 0.6 is 0 Å². The third-order valence-corrected chi connectivity index (χ3v) is 3.95. The summed E-state index contributed by atoms with van der Waals surface area (Å²) in [6.45, 7) is 2.86. The number of aryl methyl sites for hydroxylation is 1. The van der Waals surface area contributed by atoms with Crippen LogP contribution < -0.4 is 5.32 Å². The molecule has 0 saturated carbocycles. The molecular formula is C15H20F3N3O3. The molecule has 0 aromatic carbocycles. The second kappa shape index (κ2) is 7.23. The molecule has 2 amide bonds. The Kier molecular flexibility index (Phi) is 5.51. The molecule has 1 saturated heterocycles. The van der Waals surface area contributed by atoms with Crippen molar-refractivity contribution in [3.63, 3.8) is 0 Å². The lowest BCUT2D eigenvalue weighted by atomic mass is 9.97. The molecule has 1 fully saturated rings. The Labute approximate surface area is 137 Å². The molecule has 2 rings (SSSR count). The van der Waals surface area contributed by atoms with Crippen LogP contribution in [0.2, 0.25) is 0 Å². The molecule has 134 valence electrons. The minimum Gasteiger partial charge on any atom is -0.448 e. The second-order valence-electron chi connectivity index (χ2n) is 5.85. The number of rotatable bonds is 4. The summed E-state index contributed by atoms with van der Waals surface area (Å²) in [5.41, 5.74) is 0.0887. The van der Waals surface area contributed by atoms with Crippen molar-refractivity contribution in [1.29, 1.82) is 0 Å². The molecule has 0 radical (unpaired) electrons. The summed E-state index contributed by atoms with van der Waals surface area (Å²) in [6, 6.07) is -2.35. The van der Waals surface area contributed by atoms with E-state index in [9.17, 15) is 22.8 Å². The van der Waals surface area contributed by atoms with Gasteiger partial charge in [-0.2, -0.15) is 13.2 Å². The van der Waals surface area contributed by atoms with E-state index in [4.69, 9.17) is 4.42 Å². The van der Waals surface area contributed by atoms with Crippen molar-refractivity contribution in [3.05, 3.63) is 17.8 Å². The fourth-order valence-corrected chi connectivity index (χ4v) is 2.78. The first-order chi connectivity index (χ1) is 11.2. The van der Waals surface area contributed by atoms with Crippen LogP contribution in [0.15, 0.2) is 10.7 Å². The van der Waals surface area contributed by atoms with Crippen molar-refractivity contribution in [2.75, 3.05) is 6.54 Å². The summed E-state index contributed by atoms with van der Waals surface area (Å²) in [5.74, 6) is -0.739.